The number of imidazole rings is 1. The summed E-state index contributed by atoms with van der Waals surface area (Å²) in [6.07, 6.45) is -2.40. The molecule has 5 rings (SSSR count). The summed E-state index contributed by atoms with van der Waals surface area (Å²) in [5, 5.41) is 3.94. The summed E-state index contributed by atoms with van der Waals surface area (Å²) in [6, 6.07) is 8.92. The number of aromatic nitrogens is 2. The Bertz CT molecular complexity index is 1110. The predicted molar refractivity (Wildman–Crippen MR) is 105 cm³/mol. The number of H-pyrrole nitrogens is 1. The molecule has 0 aliphatic carbocycles. The van der Waals surface area contributed by atoms with Crippen molar-refractivity contribution < 1.29 is 18.0 Å². The number of carbonyl (C=O) groups is 1. The van der Waals surface area contributed by atoms with Crippen molar-refractivity contribution in [2.45, 2.75) is 25.1 Å². The standard InChI is InChI=1S/C20H16BrF3N4O/c21-15-9-11(19(29)28-13-5-7-27(28)8-6-13)1-3-14(15)18-25-16-4-2-12(20(22,23)24)10-17(16)26-18/h1-4,9-10,13H,5-8H2,(H,25,26). The Kier molecular flexibility index (Phi) is 4.22. The van der Waals surface area contributed by atoms with Crippen LogP contribution in [0.5, 0.6) is 0 Å². The molecule has 2 aromatic carbocycles. The predicted octanol–water partition coefficient (Wildman–Crippen LogP) is 4.85. The van der Waals surface area contributed by atoms with Crippen LogP contribution in [0.4, 0.5) is 13.2 Å². The summed E-state index contributed by atoms with van der Waals surface area (Å²) in [4.78, 5) is 20.3. The molecule has 2 fully saturated rings. The van der Waals surface area contributed by atoms with E-state index in [0.29, 0.717) is 32.5 Å². The van der Waals surface area contributed by atoms with Gasteiger partial charge in [0.05, 0.1) is 22.6 Å². The van der Waals surface area contributed by atoms with Crippen molar-refractivity contribution in [3.8, 4) is 11.4 Å². The molecule has 2 aliphatic heterocycles. The number of alkyl halides is 3. The van der Waals surface area contributed by atoms with Gasteiger partial charge in [-0.1, -0.05) is 15.9 Å². The number of aromatic amines is 1. The van der Waals surface area contributed by atoms with E-state index in [2.05, 4.69) is 30.9 Å². The monoisotopic (exact) mass is 464 g/mol. The van der Waals surface area contributed by atoms with Crippen molar-refractivity contribution in [3.63, 3.8) is 0 Å². The molecule has 0 atom stereocenters. The molecule has 29 heavy (non-hydrogen) atoms. The number of rotatable bonds is 2. The van der Waals surface area contributed by atoms with Gasteiger partial charge in [0.2, 0.25) is 0 Å². The number of fused-ring (bicyclic) bond motifs is 3. The highest BCUT2D eigenvalue weighted by Gasteiger charge is 2.41. The topological polar surface area (TPSA) is 52.2 Å². The van der Waals surface area contributed by atoms with Crippen molar-refractivity contribution in [1.29, 1.82) is 0 Å². The van der Waals surface area contributed by atoms with Crippen LogP contribution in [0.1, 0.15) is 28.8 Å². The Morgan fingerprint density at radius 1 is 1.14 bits per heavy atom. The van der Waals surface area contributed by atoms with Gasteiger partial charge < -0.3 is 4.98 Å². The van der Waals surface area contributed by atoms with Crippen LogP contribution in [-0.2, 0) is 6.18 Å². The molecule has 0 saturated carbocycles. The third-order valence-electron chi connectivity index (χ3n) is 5.58. The fourth-order valence-corrected chi connectivity index (χ4v) is 4.69. The van der Waals surface area contributed by atoms with E-state index in [9.17, 15) is 18.0 Å². The van der Waals surface area contributed by atoms with Gasteiger partial charge in [0, 0.05) is 28.7 Å². The maximum Gasteiger partial charge on any atom is 0.416 e. The molecule has 2 aliphatic rings. The van der Waals surface area contributed by atoms with Crippen LogP contribution >= 0.6 is 15.9 Å². The van der Waals surface area contributed by atoms with Gasteiger partial charge in [-0.05, 0) is 49.2 Å². The molecular formula is C20H16BrF3N4O. The Morgan fingerprint density at radius 3 is 2.52 bits per heavy atom. The van der Waals surface area contributed by atoms with E-state index in [4.69, 9.17) is 0 Å². The molecule has 9 heteroatoms. The molecule has 1 aromatic heterocycles. The molecular weight excluding hydrogens is 449 g/mol. The molecule has 2 bridgehead atoms. The lowest BCUT2D eigenvalue weighted by Crippen LogP contribution is -2.38. The number of nitrogens with one attached hydrogen (secondary N) is 1. The largest absolute Gasteiger partial charge is 0.416 e. The first-order valence-corrected chi connectivity index (χ1v) is 10.1. The first-order chi connectivity index (χ1) is 13.8. The highest BCUT2D eigenvalue weighted by molar-refractivity contribution is 9.10. The van der Waals surface area contributed by atoms with E-state index in [1.165, 1.54) is 6.07 Å². The normalized spacial score (nSPS) is 21.3. The summed E-state index contributed by atoms with van der Waals surface area (Å²) in [5.74, 6) is 0.409. The van der Waals surface area contributed by atoms with Crippen LogP contribution in [0.25, 0.3) is 22.4 Å². The number of nitrogens with zero attached hydrogens (tertiary/aromatic N) is 3. The van der Waals surface area contributed by atoms with E-state index < -0.39 is 11.7 Å². The van der Waals surface area contributed by atoms with E-state index >= 15 is 0 Å². The lowest BCUT2D eigenvalue weighted by molar-refractivity contribution is -0.137. The minimum absolute atomic E-state index is 0.0309. The molecule has 3 aromatic rings. The fraction of sp³-hybridized carbons (Fsp3) is 0.300. The second-order valence-corrected chi connectivity index (χ2v) is 8.20. The van der Waals surface area contributed by atoms with Crippen LogP contribution in [0.2, 0.25) is 0 Å². The summed E-state index contributed by atoms with van der Waals surface area (Å²) < 4.78 is 39.5. The number of piperidine rings is 1. The summed E-state index contributed by atoms with van der Waals surface area (Å²) in [7, 11) is 0. The third-order valence-corrected chi connectivity index (χ3v) is 6.24. The van der Waals surface area contributed by atoms with E-state index in [1.54, 1.807) is 18.2 Å². The van der Waals surface area contributed by atoms with Gasteiger partial charge in [0.1, 0.15) is 5.82 Å². The van der Waals surface area contributed by atoms with Crippen LogP contribution in [-0.4, -0.2) is 45.0 Å². The number of amides is 1. The molecule has 2 saturated heterocycles. The van der Waals surface area contributed by atoms with Gasteiger partial charge in [-0.15, -0.1) is 0 Å². The number of hydrazine groups is 1. The Balaban J connectivity index is 1.47. The zero-order valence-electron chi connectivity index (χ0n) is 15.1. The highest BCUT2D eigenvalue weighted by Crippen LogP contribution is 2.34. The zero-order chi connectivity index (χ0) is 20.3. The Morgan fingerprint density at radius 2 is 1.90 bits per heavy atom. The lowest BCUT2D eigenvalue weighted by Gasteiger charge is -2.23. The van der Waals surface area contributed by atoms with Crippen LogP contribution in [0.3, 0.4) is 0 Å². The van der Waals surface area contributed by atoms with Crippen LogP contribution in [0, 0.1) is 0 Å². The van der Waals surface area contributed by atoms with Crippen molar-refractivity contribution in [2.24, 2.45) is 0 Å². The van der Waals surface area contributed by atoms with Gasteiger partial charge in [0.25, 0.3) is 5.91 Å². The van der Waals surface area contributed by atoms with Crippen molar-refractivity contribution >= 4 is 32.9 Å². The van der Waals surface area contributed by atoms with Crippen LogP contribution in [0.15, 0.2) is 40.9 Å². The minimum Gasteiger partial charge on any atom is -0.338 e. The second kappa shape index (κ2) is 6.56. The first kappa shape index (κ1) is 18.6. The Labute approximate surface area is 172 Å². The molecule has 1 amide bonds. The van der Waals surface area contributed by atoms with Gasteiger partial charge in [0.15, 0.2) is 0 Å². The van der Waals surface area contributed by atoms with Gasteiger partial charge in [-0.2, -0.15) is 13.2 Å². The smallest absolute Gasteiger partial charge is 0.338 e. The maximum atomic E-state index is 12.9. The zero-order valence-corrected chi connectivity index (χ0v) is 16.7. The number of halogens is 4. The number of benzene rings is 2. The third kappa shape index (κ3) is 3.12. The SMILES string of the molecule is O=C(c1ccc(-c2nc3ccc(C(F)(F)F)cc3[nH]2)c(Br)c1)N1C2CCN1CC2. The average Bonchev–Trinajstić information content (AvgIpc) is 3.39. The number of hydrogen-bond donors (Lipinski definition) is 1. The second-order valence-electron chi connectivity index (χ2n) is 7.34. The molecule has 150 valence electrons. The summed E-state index contributed by atoms with van der Waals surface area (Å²) in [5.41, 5.74) is 1.27. The van der Waals surface area contributed by atoms with E-state index in [-0.39, 0.29) is 11.9 Å². The molecule has 1 N–H and O–H groups in total. The van der Waals surface area contributed by atoms with E-state index in [1.807, 2.05) is 5.01 Å². The number of hydrogen-bond acceptors (Lipinski definition) is 3. The Hall–Kier alpha value is -2.39. The van der Waals surface area contributed by atoms with Gasteiger partial charge in [-0.3, -0.25) is 9.80 Å². The van der Waals surface area contributed by atoms with Crippen molar-refractivity contribution in [1.82, 2.24) is 20.0 Å². The molecule has 3 heterocycles. The first-order valence-electron chi connectivity index (χ1n) is 9.26. The lowest BCUT2D eigenvalue weighted by atomic mass is 10.1. The molecule has 0 radical (unpaired) electrons. The van der Waals surface area contributed by atoms with Crippen molar-refractivity contribution in [2.75, 3.05) is 13.1 Å². The summed E-state index contributed by atoms with van der Waals surface area (Å²) in [6.45, 7) is 1.82. The van der Waals surface area contributed by atoms with Crippen LogP contribution < -0.4 is 0 Å². The molecule has 0 spiro atoms. The molecule has 5 nitrogen and oxygen atoms in total. The average molecular weight is 465 g/mol. The maximum absolute atomic E-state index is 12.9. The fourth-order valence-electron chi connectivity index (χ4n) is 4.12. The highest BCUT2D eigenvalue weighted by atomic mass is 79.9. The van der Waals surface area contributed by atoms with Gasteiger partial charge in [-0.25, -0.2) is 9.99 Å². The molecule has 0 unspecified atom stereocenters. The van der Waals surface area contributed by atoms with E-state index in [0.717, 1.165) is 38.1 Å². The summed E-state index contributed by atoms with van der Waals surface area (Å²) >= 11 is 3.49. The minimum atomic E-state index is -4.41. The van der Waals surface area contributed by atoms with Gasteiger partial charge >= 0.3 is 6.18 Å². The quantitative estimate of drug-likeness (QED) is 0.589. The number of carbonyl (C=O) groups excluding carboxylic acids is 1. The van der Waals surface area contributed by atoms with Crippen molar-refractivity contribution in [3.05, 3.63) is 52.0 Å².